The first-order valence-corrected chi connectivity index (χ1v) is 15.4. The zero-order valence-corrected chi connectivity index (χ0v) is 24.7. The van der Waals surface area contributed by atoms with Gasteiger partial charge in [0.25, 0.3) is 10.0 Å². The molecule has 42 heavy (non-hydrogen) atoms. The maximum absolute atomic E-state index is 14.3. The first-order valence-electron chi connectivity index (χ1n) is 13.5. The van der Waals surface area contributed by atoms with Gasteiger partial charge in [-0.25, -0.2) is 8.42 Å². The highest BCUT2D eigenvalue weighted by molar-refractivity contribution is 7.93. The van der Waals surface area contributed by atoms with Gasteiger partial charge in [0.15, 0.2) is 16.6 Å². The molecule has 3 aromatic carbocycles. The number of hydrogen-bond acceptors (Lipinski definition) is 8. The average molecular weight is 609 g/mol. The molecule has 4 aromatic rings. The number of rotatable bonds is 12. The Balaban J connectivity index is 1.53. The van der Waals surface area contributed by atoms with Crippen molar-refractivity contribution in [3.05, 3.63) is 84.6 Å². The number of nitrogens with zero attached hydrogens (tertiary/aromatic N) is 3. The molecular formula is C30H32N4O6S2. The molecule has 0 bridgehead atoms. The van der Waals surface area contributed by atoms with Gasteiger partial charge in [0.1, 0.15) is 17.3 Å². The number of benzene rings is 3. The Morgan fingerprint density at radius 3 is 2.57 bits per heavy atom. The summed E-state index contributed by atoms with van der Waals surface area (Å²) in [5, 5.41) is 14.4. The van der Waals surface area contributed by atoms with Crippen LogP contribution in [-0.4, -0.2) is 68.2 Å². The molecule has 10 nitrogen and oxygen atoms in total. The number of anilines is 1. The molecular weight excluding hydrogens is 576 g/mol. The van der Waals surface area contributed by atoms with E-state index in [1.807, 2.05) is 42.2 Å². The number of sulfonamides is 1. The van der Waals surface area contributed by atoms with Crippen molar-refractivity contribution < 1.29 is 27.7 Å². The van der Waals surface area contributed by atoms with E-state index in [9.17, 15) is 13.5 Å². The Kier molecular flexibility index (Phi) is 9.25. The lowest BCUT2D eigenvalue weighted by Crippen LogP contribution is -2.42. The summed E-state index contributed by atoms with van der Waals surface area (Å²) in [5.41, 5.74) is 1.30. The van der Waals surface area contributed by atoms with Gasteiger partial charge in [0.05, 0.1) is 30.9 Å². The summed E-state index contributed by atoms with van der Waals surface area (Å²) in [6, 6.07) is 21.4. The monoisotopic (exact) mass is 608 g/mol. The first-order chi connectivity index (χ1) is 20.4. The number of para-hydroxylation sites is 2. The second-order valence-corrected chi connectivity index (χ2v) is 11.6. The Bertz CT molecular complexity index is 1650. The molecule has 1 aromatic heterocycles. The van der Waals surface area contributed by atoms with E-state index in [1.54, 1.807) is 42.6 Å². The van der Waals surface area contributed by atoms with Gasteiger partial charge < -0.3 is 29.5 Å². The quantitative estimate of drug-likeness (QED) is 0.230. The Morgan fingerprint density at radius 1 is 1.05 bits per heavy atom. The van der Waals surface area contributed by atoms with Crippen LogP contribution >= 0.6 is 12.2 Å². The lowest BCUT2D eigenvalue weighted by Gasteiger charge is -2.30. The molecule has 0 unspecified atom stereocenters. The molecule has 0 atom stereocenters. The van der Waals surface area contributed by atoms with Crippen LogP contribution in [0.15, 0.2) is 83.9 Å². The fourth-order valence-corrected chi connectivity index (χ4v) is 6.66. The van der Waals surface area contributed by atoms with Gasteiger partial charge in [-0.2, -0.15) is 0 Å². The fraction of sp³-hybridized carbons (Fsp3) is 0.267. The van der Waals surface area contributed by atoms with Gasteiger partial charge in [-0.15, -0.1) is 0 Å². The van der Waals surface area contributed by atoms with Gasteiger partial charge in [-0.05, 0) is 55.0 Å². The highest BCUT2D eigenvalue weighted by atomic mass is 32.2. The molecule has 0 aliphatic carbocycles. The smallest absolute Gasteiger partial charge is 0.266 e. The summed E-state index contributed by atoms with van der Waals surface area (Å²) in [7, 11) is -4.18. The van der Waals surface area contributed by atoms with Gasteiger partial charge in [-0.1, -0.05) is 36.4 Å². The van der Waals surface area contributed by atoms with E-state index in [1.165, 1.54) is 10.4 Å². The Labute approximate surface area is 250 Å². The van der Waals surface area contributed by atoms with Crippen molar-refractivity contribution in [2.75, 3.05) is 43.9 Å². The molecule has 220 valence electrons. The van der Waals surface area contributed by atoms with Crippen molar-refractivity contribution in [1.29, 1.82) is 0 Å². The topological polar surface area (TPSA) is 113 Å². The number of thiocarbonyl (C=S) groups is 1. The number of nitrogens with one attached hydrogen (secondary N) is 1. The minimum absolute atomic E-state index is 0.0165. The zero-order valence-electron chi connectivity index (χ0n) is 23.1. The molecule has 0 fully saturated rings. The van der Waals surface area contributed by atoms with Crippen molar-refractivity contribution in [3.63, 3.8) is 0 Å². The molecule has 12 heteroatoms. The number of ether oxygens (including phenoxy) is 3. The van der Waals surface area contributed by atoms with E-state index in [4.69, 9.17) is 26.4 Å². The van der Waals surface area contributed by atoms with Crippen LogP contribution in [0.4, 0.5) is 5.69 Å². The summed E-state index contributed by atoms with van der Waals surface area (Å²) < 4.78 is 46.9. The number of fused-ring (bicyclic) bond motifs is 2. The molecule has 0 spiro atoms. The minimum Gasteiger partial charge on any atom is -0.492 e. The van der Waals surface area contributed by atoms with Gasteiger partial charge in [0.2, 0.25) is 6.79 Å². The molecule has 0 radical (unpaired) electrons. The van der Waals surface area contributed by atoms with Gasteiger partial charge in [-0.3, -0.25) is 9.29 Å². The third-order valence-corrected chi connectivity index (χ3v) is 8.91. The number of hydrogen-bond donors (Lipinski definition) is 2. The van der Waals surface area contributed by atoms with Crippen LogP contribution in [0.1, 0.15) is 12.5 Å². The molecule has 1 aliphatic heterocycles. The normalized spacial score (nSPS) is 12.2. The third-order valence-electron chi connectivity index (χ3n) is 6.66. The summed E-state index contributed by atoms with van der Waals surface area (Å²) in [5.74, 6) is 1.65. The third kappa shape index (κ3) is 6.35. The van der Waals surface area contributed by atoms with Gasteiger partial charge in [0, 0.05) is 30.7 Å². The van der Waals surface area contributed by atoms with E-state index in [0.29, 0.717) is 58.5 Å². The van der Waals surface area contributed by atoms with Crippen LogP contribution in [0.3, 0.4) is 0 Å². The Hall–Kier alpha value is -4.13. The molecule has 0 saturated heterocycles. The highest BCUT2D eigenvalue weighted by Gasteiger charge is 2.31. The van der Waals surface area contributed by atoms with E-state index in [2.05, 4.69) is 10.3 Å². The molecule has 0 amide bonds. The van der Waals surface area contributed by atoms with Crippen LogP contribution in [0.2, 0.25) is 0 Å². The van der Waals surface area contributed by atoms with Crippen molar-refractivity contribution in [3.8, 4) is 17.2 Å². The summed E-state index contributed by atoms with van der Waals surface area (Å²) >= 11 is 5.69. The van der Waals surface area contributed by atoms with Crippen LogP contribution in [-0.2, 0) is 16.6 Å². The van der Waals surface area contributed by atoms with Gasteiger partial charge >= 0.3 is 0 Å². The van der Waals surface area contributed by atoms with E-state index >= 15 is 0 Å². The Morgan fingerprint density at radius 2 is 1.81 bits per heavy atom. The lowest BCUT2D eigenvalue weighted by atomic mass is 10.1. The summed E-state index contributed by atoms with van der Waals surface area (Å²) in [6.07, 6.45) is 1.56. The van der Waals surface area contributed by atoms with Crippen LogP contribution in [0, 0.1) is 0 Å². The van der Waals surface area contributed by atoms with Crippen molar-refractivity contribution in [2.24, 2.45) is 0 Å². The van der Waals surface area contributed by atoms with Crippen LogP contribution in [0.25, 0.3) is 10.9 Å². The molecule has 0 saturated carbocycles. The van der Waals surface area contributed by atoms with Crippen molar-refractivity contribution in [2.45, 2.75) is 18.4 Å². The fourth-order valence-electron chi connectivity index (χ4n) is 4.71. The van der Waals surface area contributed by atoms with E-state index in [-0.39, 0.29) is 24.8 Å². The van der Waals surface area contributed by atoms with Crippen molar-refractivity contribution >= 4 is 43.9 Å². The predicted molar refractivity (Wildman–Crippen MR) is 165 cm³/mol. The maximum atomic E-state index is 14.3. The zero-order chi connectivity index (χ0) is 29.5. The SMILES string of the molecule is CCNC(=S)N(CCOc1ccccc1)Cc1cc2c(cc1N(CCO)S(=O)(=O)c1cccc3cccnc13)OCO2. The molecule has 1 aliphatic rings. The molecule has 2 heterocycles. The van der Waals surface area contributed by atoms with E-state index in [0.717, 1.165) is 5.75 Å². The first kappa shape index (κ1) is 29.4. The predicted octanol–water partition coefficient (Wildman–Crippen LogP) is 3.93. The largest absolute Gasteiger partial charge is 0.492 e. The van der Waals surface area contributed by atoms with E-state index < -0.39 is 16.6 Å². The molecule has 2 N–H and O–H groups in total. The number of aliphatic hydroxyl groups is 1. The second kappa shape index (κ2) is 13.2. The average Bonchev–Trinajstić information content (AvgIpc) is 3.46. The number of pyridine rings is 1. The number of aliphatic hydroxyl groups excluding tert-OH is 1. The highest BCUT2D eigenvalue weighted by Crippen LogP contribution is 2.41. The molecule has 5 rings (SSSR count). The minimum atomic E-state index is -4.18. The number of aromatic nitrogens is 1. The lowest BCUT2D eigenvalue weighted by molar-refractivity contribution is 0.174. The summed E-state index contributed by atoms with van der Waals surface area (Å²) in [6.45, 7) is 2.99. The van der Waals surface area contributed by atoms with Crippen LogP contribution < -0.4 is 23.8 Å². The second-order valence-electron chi connectivity index (χ2n) is 9.38. The van der Waals surface area contributed by atoms with Crippen molar-refractivity contribution in [1.82, 2.24) is 15.2 Å². The summed E-state index contributed by atoms with van der Waals surface area (Å²) in [4.78, 5) is 6.30. The van der Waals surface area contributed by atoms with Crippen LogP contribution in [0.5, 0.6) is 17.2 Å². The maximum Gasteiger partial charge on any atom is 0.266 e. The standard InChI is InChI=1S/C30H32N4O6S2/c1-2-31-30(41)33(15-17-38-24-10-4-3-5-11-24)20-23-18-26-27(40-21-39-26)19-25(23)34(14-16-35)42(36,37)28-12-6-8-22-9-7-13-32-29(22)28/h3-13,18-19,35H,2,14-17,20-21H2,1H3,(H,31,41).